The van der Waals surface area contributed by atoms with E-state index in [-0.39, 0.29) is 0 Å². The van der Waals surface area contributed by atoms with Crippen molar-refractivity contribution in [2.45, 2.75) is 40.5 Å². The minimum Gasteiger partial charge on any atom is -0.0839 e. The third kappa shape index (κ3) is 1.11. The van der Waals surface area contributed by atoms with E-state index in [1.54, 1.807) is 11.1 Å². The maximum atomic E-state index is 2.40. The van der Waals surface area contributed by atoms with Crippen molar-refractivity contribution in [3.63, 3.8) is 0 Å². The minimum absolute atomic E-state index is 0.408. The smallest absolute Gasteiger partial charge is 0.00728 e. The summed E-state index contributed by atoms with van der Waals surface area (Å²) in [4.78, 5) is 0. The molecule has 2 atom stereocenters. The van der Waals surface area contributed by atoms with Gasteiger partial charge in [0.15, 0.2) is 0 Å². The van der Waals surface area contributed by atoms with Gasteiger partial charge in [-0.1, -0.05) is 45.4 Å². The Bertz CT molecular complexity index is 278. The van der Waals surface area contributed by atoms with Crippen LogP contribution in [0, 0.1) is 17.3 Å². The van der Waals surface area contributed by atoms with Crippen molar-refractivity contribution in [3.8, 4) is 0 Å². The second kappa shape index (κ2) is 2.73. The van der Waals surface area contributed by atoms with Gasteiger partial charge in [-0.2, -0.15) is 0 Å². The van der Waals surface area contributed by atoms with Crippen LogP contribution in [0.4, 0.5) is 0 Å². The SMILES string of the molecule is CC1C2=C(C=CCC2)C(C)(C)C1C. The maximum absolute atomic E-state index is 2.40. The quantitative estimate of drug-likeness (QED) is 0.524. The summed E-state index contributed by atoms with van der Waals surface area (Å²) in [6.07, 6.45) is 7.27. The minimum atomic E-state index is 0.408. The molecule has 0 aromatic heterocycles. The predicted molar refractivity (Wildman–Crippen MR) is 57.5 cm³/mol. The highest BCUT2D eigenvalue weighted by Crippen LogP contribution is 2.52. The zero-order valence-electron chi connectivity index (χ0n) is 9.22. The second-order valence-electron chi connectivity index (χ2n) is 5.18. The molecule has 0 saturated carbocycles. The highest BCUT2D eigenvalue weighted by atomic mass is 14.5. The molecule has 0 saturated heterocycles. The van der Waals surface area contributed by atoms with Gasteiger partial charge in [0.25, 0.3) is 0 Å². The van der Waals surface area contributed by atoms with Crippen molar-refractivity contribution in [1.82, 2.24) is 0 Å². The van der Waals surface area contributed by atoms with Gasteiger partial charge in [0.2, 0.25) is 0 Å². The number of rotatable bonds is 0. The second-order valence-corrected chi connectivity index (χ2v) is 5.18. The summed E-state index contributed by atoms with van der Waals surface area (Å²) in [5, 5.41) is 0. The fraction of sp³-hybridized carbons (Fsp3) is 0.692. The van der Waals surface area contributed by atoms with Crippen molar-refractivity contribution in [3.05, 3.63) is 23.3 Å². The van der Waals surface area contributed by atoms with Gasteiger partial charge in [-0.15, -0.1) is 0 Å². The summed E-state index contributed by atoms with van der Waals surface area (Å²) in [6.45, 7) is 9.59. The Morgan fingerprint density at radius 3 is 2.62 bits per heavy atom. The zero-order valence-corrected chi connectivity index (χ0v) is 9.22. The van der Waals surface area contributed by atoms with E-state index in [1.807, 2.05) is 0 Å². The molecule has 2 aliphatic rings. The van der Waals surface area contributed by atoms with Crippen molar-refractivity contribution >= 4 is 0 Å². The molecular weight excluding hydrogens is 156 g/mol. The number of hydrogen-bond acceptors (Lipinski definition) is 0. The van der Waals surface area contributed by atoms with Crippen LogP contribution < -0.4 is 0 Å². The lowest BCUT2D eigenvalue weighted by molar-refractivity contribution is 0.270. The molecular formula is C13H20. The van der Waals surface area contributed by atoms with Gasteiger partial charge >= 0.3 is 0 Å². The van der Waals surface area contributed by atoms with Gasteiger partial charge in [-0.25, -0.2) is 0 Å². The van der Waals surface area contributed by atoms with E-state index in [9.17, 15) is 0 Å². The molecule has 0 fully saturated rings. The van der Waals surface area contributed by atoms with Crippen molar-refractivity contribution in [1.29, 1.82) is 0 Å². The van der Waals surface area contributed by atoms with Crippen molar-refractivity contribution < 1.29 is 0 Å². The Morgan fingerprint density at radius 2 is 2.00 bits per heavy atom. The molecule has 0 radical (unpaired) electrons. The molecule has 0 spiro atoms. The van der Waals surface area contributed by atoms with E-state index >= 15 is 0 Å². The Hall–Kier alpha value is -0.520. The van der Waals surface area contributed by atoms with E-state index in [1.165, 1.54) is 12.8 Å². The molecule has 0 nitrogen and oxygen atoms in total. The van der Waals surface area contributed by atoms with Gasteiger partial charge in [0, 0.05) is 0 Å². The molecule has 2 unspecified atom stereocenters. The summed E-state index contributed by atoms with van der Waals surface area (Å²) in [6, 6.07) is 0. The van der Waals surface area contributed by atoms with Crippen LogP contribution in [-0.4, -0.2) is 0 Å². The van der Waals surface area contributed by atoms with Gasteiger partial charge in [0.05, 0.1) is 0 Å². The van der Waals surface area contributed by atoms with E-state index in [0.29, 0.717) is 5.41 Å². The van der Waals surface area contributed by atoms with Gasteiger partial charge in [-0.3, -0.25) is 0 Å². The molecule has 72 valence electrons. The molecule has 2 aliphatic carbocycles. The number of allylic oxidation sites excluding steroid dienone is 4. The molecule has 0 amide bonds. The lowest BCUT2D eigenvalue weighted by Crippen LogP contribution is -2.21. The molecule has 0 aromatic rings. The Balaban J connectivity index is 2.46. The summed E-state index contributed by atoms with van der Waals surface area (Å²) in [5.41, 5.74) is 3.78. The van der Waals surface area contributed by atoms with Crippen LogP contribution in [0.3, 0.4) is 0 Å². The maximum Gasteiger partial charge on any atom is -0.00728 e. The van der Waals surface area contributed by atoms with Gasteiger partial charge in [0.1, 0.15) is 0 Å². The first-order valence-corrected chi connectivity index (χ1v) is 5.45. The molecule has 0 aromatic carbocycles. The van der Waals surface area contributed by atoms with Crippen LogP contribution >= 0.6 is 0 Å². The van der Waals surface area contributed by atoms with Gasteiger partial charge in [-0.05, 0) is 35.7 Å². The van der Waals surface area contributed by atoms with Gasteiger partial charge < -0.3 is 0 Å². The molecule has 13 heavy (non-hydrogen) atoms. The summed E-state index contributed by atoms with van der Waals surface area (Å²) in [7, 11) is 0. The number of hydrogen-bond donors (Lipinski definition) is 0. The molecule has 0 heteroatoms. The fourth-order valence-electron chi connectivity index (χ4n) is 2.96. The fourth-order valence-corrected chi connectivity index (χ4v) is 2.96. The monoisotopic (exact) mass is 176 g/mol. The van der Waals surface area contributed by atoms with Crippen LogP contribution in [0.1, 0.15) is 40.5 Å². The molecule has 0 heterocycles. The largest absolute Gasteiger partial charge is 0.0839 e. The van der Waals surface area contributed by atoms with Crippen LogP contribution in [0.2, 0.25) is 0 Å². The average molecular weight is 176 g/mol. The molecule has 2 rings (SSSR count). The first-order valence-electron chi connectivity index (χ1n) is 5.45. The van der Waals surface area contributed by atoms with Crippen LogP contribution in [0.5, 0.6) is 0 Å². The Morgan fingerprint density at radius 1 is 1.31 bits per heavy atom. The molecule has 0 bridgehead atoms. The van der Waals surface area contributed by atoms with E-state index in [4.69, 9.17) is 0 Å². The summed E-state index contributed by atoms with van der Waals surface area (Å²) in [5.74, 6) is 1.61. The predicted octanol–water partition coefficient (Wildman–Crippen LogP) is 3.95. The van der Waals surface area contributed by atoms with Crippen molar-refractivity contribution in [2.75, 3.05) is 0 Å². The topological polar surface area (TPSA) is 0 Å². The normalized spacial score (nSPS) is 36.6. The lowest BCUT2D eigenvalue weighted by Gasteiger charge is -2.28. The third-order valence-electron chi connectivity index (χ3n) is 4.34. The van der Waals surface area contributed by atoms with Crippen LogP contribution in [-0.2, 0) is 0 Å². The summed E-state index contributed by atoms with van der Waals surface area (Å²) >= 11 is 0. The molecule has 0 aliphatic heterocycles. The van der Waals surface area contributed by atoms with E-state index in [0.717, 1.165) is 11.8 Å². The van der Waals surface area contributed by atoms with Crippen LogP contribution in [0.15, 0.2) is 23.3 Å². The Labute approximate surface area is 81.7 Å². The highest BCUT2D eigenvalue weighted by Gasteiger charge is 2.42. The molecule has 0 N–H and O–H groups in total. The Kier molecular flexibility index (Phi) is 1.90. The van der Waals surface area contributed by atoms with E-state index < -0.39 is 0 Å². The lowest BCUT2D eigenvalue weighted by atomic mass is 9.76. The first kappa shape index (κ1) is 9.05. The zero-order chi connectivity index (χ0) is 9.64. The van der Waals surface area contributed by atoms with Crippen molar-refractivity contribution in [2.24, 2.45) is 17.3 Å². The van der Waals surface area contributed by atoms with E-state index in [2.05, 4.69) is 39.8 Å². The average Bonchev–Trinajstić information content (AvgIpc) is 2.30. The highest BCUT2D eigenvalue weighted by molar-refractivity contribution is 5.41. The summed E-state index contributed by atoms with van der Waals surface area (Å²) < 4.78 is 0. The first-order chi connectivity index (χ1) is 6.05. The standard InChI is InChI=1S/C13H20/c1-9-10(2)13(3,4)12-8-6-5-7-11(9)12/h6,8-10H,5,7H2,1-4H3. The third-order valence-corrected chi connectivity index (χ3v) is 4.34. The van der Waals surface area contributed by atoms with Crippen LogP contribution in [0.25, 0.3) is 0 Å².